The standard InChI is InChI=1S/C10H11BrO3/c1-14-6-8-3-2-7(4-9(8)11)5-10(12)13/h2-4H,5-6H2,1H3,(H,12,13). The predicted molar refractivity (Wildman–Crippen MR) is 56.2 cm³/mol. The van der Waals surface area contributed by atoms with E-state index in [0.29, 0.717) is 6.61 Å². The van der Waals surface area contributed by atoms with E-state index in [1.54, 1.807) is 13.2 Å². The number of carboxylic acid groups (broad SMARTS) is 1. The maximum atomic E-state index is 10.5. The van der Waals surface area contributed by atoms with E-state index in [1.165, 1.54) is 0 Å². The molecule has 3 nitrogen and oxygen atoms in total. The van der Waals surface area contributed by atoms with E-state index in [0.717, 1.165) is 15.6 Å². The van der Waals surface area contributed by atoms with Crippen LogP contribution in [0.3, 0.4) is 0 Å². The van der Waals surface area contributed by atoms with Crippen molar-refractivity contribution in [1.82, 2.24) is 0 Å². The van der Waals surface area contributed by atoms with Crippen LogP contribution in [0.25, 0.3) is 0 Å². The van der Waals surface area contributed by atoms with Crippen LogP contribution in [0, 0.1) is 0 Å². The molecule has 0 radical (unpaired) electrons. The van der Waals surface area contributed by atoms with Crippen molar-refractivity contribution >= 4 is 21.9 Å². The van der Waals surface area contributed by atoms with E-state index < -0.39 is 5.97 Å². The molecule has 0 spiro atoms. The predicted octanol–water partition coefficient (Wildman–Crippen LogP) is 2.22. The summed E-state index contributed by atoms with van der Waals surface area (Å²) in [5.74, 6) is -0.823. The number of hydrogen-bond donors (Lipinski definition) is 1. The SMILES string of the molecule is COCc1ccc(CC(=O)O)cc1Br. The average molecular weight is 259 g/mol. The zero-order valence-electron chi connectivity index (χ0n) is 7.79. The Bertz CT molecular complexity index is 336. The van der Waals surface area contributed by atoms with E-state index in [1.807, 2.05) is 12.1 Å². The number of benzene rings is 1. The maximum absolute atomic E-state index is 10.5. The Morgan fingerprint density at radius 1 is 1.57 bits per heavy atom. The minimum absolute atomic E-state index is 0.0475. The van der Waals surface area contributed by atoms with Crippen molar-refractivity contribution in [3.8, 4) is 0 Å². The molecule has 4 heteroatoms. The molecular weight excluding hydrogens is 248 g/mol. The van der Waals surface area contributed by atoms with Crippen molar-refractivity contribution in [2.75, 3.05) is 7.11 Å². The number of carboxylic acids is 1. The van der Waals surface area contributed by atoms with Crippen LogP contribution in [-0.2, 0) is 22.6 Å². The average Bonchev–Trinajstić information content (AvgIpc) is 2.09. The summed E-state index contributed by atoms with van der Waals surface area (Å²) < 4.78 is 5.87. The van der Waals surface area contributed by atoms with Crippen molar-refractivity contribution in [3.05, 3.63) is 33.8 Å². The van der Waals surface area contributed by atoms with Crippen LogP contribution in [0.4, 0.5) is 0 Å². The molecule has 0 aliphatic rings. The van der Waals surface area contributed by atoms with Gasteiger partial charge in [-0.25, -0.2) is 0 Å². The quantitative estimate of drug-likeness (QED) is 0.901. The normalized spacial score (nSPS) is 10.1. The number of carbonyl (C=O) groups is 1. The summed E-state index contributed by atoms with van der Waals surface area (Å²) in [6, 6.07) is 5.47. The van der Waals surface area contributed by atoms with Crippen LogP contribution >= 0.6 is 15.9 Å². The van der Waals surface area contributed by atoms with Crippen LogP contribution in [0.1, 0.15) is 11.1 Å². The first-order valence-electron chi connectivity index (χ1n) is 4.11. The van der Waals surface area contributed by atoms with Gasteiger partial charge in [0, 0.05) is 11.6 Å². The van der Waals surface area contributed by atoms with Gasteiger partial charge in [0.1, 0.15) is 0 Å². The summed E-state index contributed by atoms with van der Waals surface area (Å²) in [7, 11) is 1.62. The molecule has 0 heterocycles. The summed E-state index contributed by atoms with van der Waals surface area (Å²) in [6.07, 6.45) is 0.0475. The van der Waals surface area contributed by atoms with Crippen LogP contribution < -0.4 is 0 Å². The summed E-state index contributed by atoms with van der Waals surface area (Å²) in [5.41, 5.74) is 1.80. The summed E-state index contributed by atoms with van der Waals surface area (Å²) in [4.78, 5) is 10.5. The van der Waals surface area contributed by atoms with Crippen molar-refractivity contribution in [1.29, 1.82) is 0 Å². The highest BCUT2D eigenvalue weighted by molar-refractivity contribution is 9.10. The molecule has 1 rings (SSSR count). The lowest BCUT2D eigenvalue weighted by atomic mass is 10.1. The van der Waals surface area contributed by atoms with Crippen LogP contribution in [0.2, 0.25) is 0 Å². The van der Waals surface area contributed by atoms with Crippen LogP contribution in [0.15, 0.2) is 22.7 Å². The summed E-state index contributed by atoms with van der Waals surface area (Å²) in [5, 5.41) is 8.59. The second-order valence-electron chi connectivity index (χ2n) is 2.93. The highest BCUT2D eigenvalue weighted by Gasteiger charge is 2.04. The molecule has 14 heavy (non-hydrogen) atoms. The molecule has 0 atom stereocenters. The van der Waals surface area contributed by atoms with Gasteiger partial charge in [-0.15, -0.1) is 0 Å². The molecule has 0 saturated heterocycles. The Labute approximate surface area is 90.8 Å². The van der Waals surface area contributed by atoms with Crippen molar-refractivity contribution in [2.24, 2.45) is 0 Å². The minimum atomic E-state index is -0.823. The number of methoxy groups -OCH3 is 1. The second-order valence-corrected chi connectivity index (χ2v) is 3.78. The van der Waals surface area contributed by atoms with E-state index in [9.17, 15) is 4.79 Å². The largest absolute Gasteiger partial charge is 0.481 e. The van der Waals surface area contributed by atoms with Crippen molar-refractivity contribution in [3.63, 3.8) is 0 Å². The van der Waals surface area contributed by atoms with Crippen molar-refractivity contribution < 1.29 is 14.6 Å². The monoisotopic (exact) mass is 258 g/mol. The third-order valence-corrected chi connectivity index (χ3v) is 2.51. The Hall–Kier alpha value is -0.870. The van der Waals surface area contributed by atoms with E-state index in [2.05, 4.69) is 15.9 Å². The molecule has 0 aliphatic heterocycles. The number of ether oxygens (including phenoxy) is 1. The molecule has 0 unspecified atom stereocenters. The Balaban J connectivity index is 2.83. The summed E-state index contributed by atoms with van der Waals surface area (Å²) in [6.45, 7) is 0.522. The fraction of sp³-hybridized carbons (Fsp3) is 0.300. The van der Waals surface area contributed by atoms with E-state index >= 15 is 0 Å². The molecule has 1 aromatic carbocycles. The lowest BCUT2D eigenvalue weighted by Gasteiger charge is -2.04. The second kappa shape index (κ2) is 5.12. The van der Waals surface area contributed by atoms with Gasteiger partial charge in [-0.05, 0) is 17.2 Å². The Kier molecular flexibility index (Phi) is 4.10. The molecule has 1 aromatic rings. The molecule has 0 fully saturated rings. The lowest BCUT2D eigenvalue weighted by Crippen LogP contribution is -2.00. The zero-order chi connectivity index (χ0) is 10.6. The first-order valence-corrected chi connectivity index (χ1v) is 4.91. The Morgan fingerprint density at radius 2 is 2.29 bits per heavy atom. The first kappa shape index (κ1) is 11.2. The van der Waals surface area contributed by atoms with Gasteiger partial charge in [0.15, 0.2) is 0 Å². The summed E-state index contributed by atoms with van der Waals surface area (Å²) >= 11 is 3.37. The van der Waals surface area contributed by atoms with Gasteiger partial charge in [0.25, 0.3) is 0 Å². The number of aliphatic carboxylic acids is 1. The van der Waals surface area contributed by atoms with Gasteiger partial charge in [-0.3, -0.25) is 4.79 Å². The molecule has 0 aliphatic carbocycles. The molecule has 0 bridgehead atoms. The topological polar surface area (TPSA) is 46.5 Å². The highest BCUT2D eigenvalue weighted by atomic mass is 79.9. The van der Waals surface area contributed by atoms with Gasteiger partial charge < -0.3 is 9.84 Å². The van der Waals surface area contributed by atoms with Crippen LogP contribution in [0.5, 0.6) is 0 Å². The third kappa shape index (κ3) is 3.12. The van der Waals surface area contributed by atoms with Gasteiger partial charge in [-0.1, -0.05) is 28.1 Å². The van der Waals surface area contributed by atoms with E-state index in [-0.39, 0.29) is 6.42 Å². The van der Waals surface area contributed by atoms with Gasteiger partial charge in [0.05, 0.1) is 13.0 Å². The fourth-order valence-corrected chi connectivity index (χ4v) is 1.69. The Morgan fingerprint density at radius 3 is 2.79 bits per heavy atom. The first-order chi connectivity index (χ1) is 6.63. The molecular formula is C10H11BrO3. The van der Waals surface area contributed by atoms with Crippen molar-refractivity contribution in [2.45, 2.75) is 13.0 Å². The molecule has 0 saturated carbocycles. The maximum Gasteiger partial charge on any atom is 0.307 e. The minimum Gasteiger partial charge on any atom is -0.481 e. The smallest absolute Gasteiger partial charge is 0.307 e. The highest BCUT2D eigenvalue weighted by Crippen LogP contribution is 2.19. The van der Waals surface area contributed by atoms with Gasteiger partial charge in [0.2, 0.25) is 0 Å². The van der Waals surface area contributed by atoms with Gasteiger partial charge in [-0.2, -0.15) is 0 Å². The molecule has 0 aromatic heterocycles. The zero-order valence-corrected chi connectivity index (χ0v) is 9.37. The molecule has 76 valence electrons. The fourth-order valence-electron chi connectivity index (χ4n) is 1.15. The molecule has 1 N–H and O–H groups in total. The van der Waals surface area contributed by atoms with Crippen LogP contribution in [-0.4, -0.2) is 18.2 Å². The lowest BCUT2D eigenvalue weighted by molar-refractivity contribution is -0.136. The molecule has 0 amide bonds. The number of hydrogen-bond acceptors (Lipinski definition) is 2. The van der Waals surface area contributed by atoms with Gasteiger partial charge >= 0.3 is 5.97 Å². The van der Waals surface area contributed by atoms with E-state index in [4.69, 9.17) is 9.84 Å². The third-order valence-electron chi connectivity index (χ3n) is 1.77. The number of rotatable bonds is 4. The number of halogens is 1.